The van der Waals surface area contributed by atoms with Crippen LogP contribution >= 0.6 is 22.6 Å². The van der Waals surface area contributed by atoms with Crippen molar-refractivity contribution in [2.45, 2.75) is 25.8 Å². The fourth-order valence-corrected chi connectivity index (χ4v) is 2.52. The second-order valence-corrected chi connectivity index (χ2v) is 4.69. The van der Waals surface area contributed by atoms with Crippen molar-refractivity contribution in [3.05, 3.63) is 0 Å². The summed E-state index contributed by atoms with van der Waals surface area (Å²) in [6, 6.07) is -0.282. The number of carbonyl (C=O) groups excluding carboxylic acids is 2. The van der Waals surface area contributed by atoms with Crippen LogP contribution < -0.4 is 5.32 Å². The Hall–Kier alpha value is -0.330. The van der Waals surface area contributed by atoms with Gasteiger partial charge in [0.2, 0.25) is 11.8 Å². The van der Waals surface area contributed by atoms with Crippen LogP contribution in [-0.4, -0.2) is 40.8 Å². The Labute approximate surface area is 104 Å². The quantitative estimate of drug-likeness (QED) is 0.614. The predicted octanol–water partition coefficient (Wildman–Crippen LogP) is 0.795. The predicted molar refractivity (Wildman–Crippen MR) is 66.9 cm³/mol. The number of hydrogen-bond acceptors (Lipinski definition) is 2. The molecule has 86 valence electrons. The highest BCUT2D eigenvalue weighted by molar-refractivity contribution is 14.1. The lowest BCUT2D eigenvalue weighted by Gasteiger charge is -2.25. The maximum atomic E-state index is 11.7. The van der Waals surface area contributed by atoms with Gasteiger partial charge in [-0.25, -0.2) is 0 Å². The zero-order valence-electron chi connectivity index (χ0n) is 9.12. The highest BCUT2D eigenvalue weighted by Crippen LogP contribution is 2.23. The summed E-state index contributed by atoms with van der Waals surface area (Å²) < 4.78 is 0.976. The minimum absolute atomic E-state index is 0.0556. The van der Waals surface area contributed by atoms with E-state index in [-0.39, 0.29) is 17.9 Å². The average Bonchev–Trinajstić information content (AvgIpc) is 2.61. The summed E-state index contributed by atoms with van der Waals surface area (Å²) in [5.41, 5.74) is 0. The van der Waals surface area contributed by atoms with E-state index in [2.05, 4.69) is 27.9 Å². The van der Waals surface area contributed by atoms with Crippen molar-refractivity contribution in [1.82, 2.24) is 10.2 Å². The Bertz CT molecular complexity index is 258. The minimum Gasteiger partial charge on any atom is -0.357 e. The Morgan fingerprint density at radius 2 is 2.40 bits per heavy atom. The third kappa shape index (κ3) is 2.83. The molecule has 1 fully saturated rings. The number of carbonyl (C=O) groups is 2. The smallest absolute Gasteiger partial charge is 0.242 e. The molecule has 0 aromatic rings. The summed E-state index contributed by atoms with van der Waals surface area (Å²) in [6.45, 7) is 2.66. The molecule has 4 nitrogen and oxygen atoms in total. The van der Waals surface area contributed by atoms with Gasteiger partial charge in [0.15, 0.2) is 0 Å². The van der Waals surface area contributed by atoms with Crippen molar-refractivity contribution in [3.8, 4) is 0 Å². The van der Waals surface area contributed by atoms with Crippen LogP contribution in [0.25, 0.3) is 0 Å². The number of nitrogens with zero attached hydrogens (tertiary/aromatic N) is 1. The van der Waals surface area contributed by atoms with Crippen LogP contribution in [0, 0.1) is 5.92 Å². The Kier molecular flexibility index (Phi) is 4.82. The molecule has 0 radical (unpaired) electrons. The monoisotopic (exact) mass is 324 g/mol. The second kappa shape index (κ2) is 5.67. The molecule has 1 unspecified atom stereocenters. The van der Waals surface area contributed by atoms with Crippen LogP contribution in [0.5, 0.6) is 0 Å². The van der Waals surface area contributed by atoms with Gasteiger partial charge in [0.05, 0.1) is 0 Å². The van der Waals surface area contributed by atoms with E-state index in [0.29, 0.717) is 18.8 Å². The molecule has 0 aromatic heterocycles. The first kappa shape index (κ1) is 12.7. The van der Waals surface area contributed by atoms with E-state index in [1.807, 2.05) is 6.92 Å². The molecule has 0 spiro atoms. The molecule has 0 aliphatic carbocycles. The summed E-state index contributed by atoms with van der Waals surface area (Å²) in [7, 11) is 1.61. The van der Waals surface area contributed by atoms with Gasteiger partial charge in [-0.05, 0) is 12.3 Å². The number of alkyl halides is 1. The molecular weight excluding hydrogens is 307 g/mol. The topological polar surface area (TPSA) is 49.4 Å². The SMILES string of the molecule is CC[C@@H](C(=O)NC)N1CC(CI)CC1=O. The number of likely N-dealkylation sites (tertiary alicyclic amines) is 1. The molecule has 5 heteroatoms. The highest BCUT2D eigenvalue weighted by atomic mass is 127. The largest absolute Gasteiger partial charge is 0.357 e. The number of rotatable bonds is 4. The lowest BCUT2D eigenvalue weighted by Crippen LogP contribution is -2.46. The highest BCUT2D eigenvalue weighted by Gasteiger charge is 2.35. The fourth-order valence-electron chi connectivity index (χ4n) is 1.93. The second-order valence-electron chi connectivity index (χ2n) is 3.81. The van der Waals surface area contributed by atoms with E-state index in [0.717, 1.165) is 11.0 Å². The van der Waals surface area contributed by atoms with E-state index in [1.165, 1.54) is 0 Å². The molecule has 2 atom stereocenters. The molecule has 2 amide bonds. The number of nitrogens with one attached hydrogen (secondary N) is 1. The van der Waals surface area contributed by atoms with Gasteiger partial charge < -0.3 is 10.2 Å². The van der Waals surface area contributed by atoms with Crippen molar-refractivity contribution in [2.75, 3.05) is 18.0 Å². The molecule has 1 heterocycles. The molecule has 15 heavy (non-hydrogen) atoms. The number of hydrogen-bond donors (Lipinski definition) is 1. The standard InChI is InChI=1S/C10H17IN2O2/c1-3-8(10(15)12-2)13-6-7(5-11)4-9(13)14/h7-8H,3-6H2,1-2H3,(H,12,15)/t7?,8-/m0/s1. The number of amides is 2. The van der Waals surface area contributed by atoms with Crippen LogP contribution in [0.3, 0.4) is 0 Å². The van der Waals surface area contributed by atoms with Crippen molar-refractivity contribution in [1.29, 1.82) is 0 Å². The molecule has 0 bridgehead atoms. The molecule has 1 aliphatic rings. The molecular formula is C10H17IN2O2. The summed E-state index contributed by atoms with van der Waals surface area (Å²) >= 11 is 2.29. The van der Waals surface area contributed by atoms with Gasteiger partial charge in [-0.15, -0.1) is 0 Å². The van der Waals surface area contributed by atoms with E-state index in [4.69, 9.17) is 0 Å². The Morgan fingerprint density at radius 1 is 1.73 bits per heavy atom. The van der Waals surface area contributed by atoms with Crippen molar-refractivity contribution < 1.29 is 9.59 Å². The Morgan fingerprint density at radius 3 is 2.80 bits per heavy atom. The van der Waals surface area contributed by atoms with Crippen LogP contribution in [0.2, 0.25) is 0 Å². The molecule has 1 aliphatic heterocycles. The van der Waals surface area contributed by atoms with Gasteiger partial charge in [-0.2, -0.15) is 0 Å². The van der Waals surface area contributed by atoms with E-state index in [1.54, 1.807) is 11.9 Å². The maximum absolute atomic E-state index is 11.7. The summed E-state index contributed by atoms with van der Waals surface area (Å²) in [6.07, 6.45) is 1.27. The van der Waals surface area contributed by atoms with E-state index < -0.39 is 0 Å². The van der Waals surface area contributed by atoms with Crippen LogP contribution in [0.15, 0.2) is 0 Å². The maximum Gasteiger partial charge on any atom is 0.242 e. The third-order valence-corrected chi connectivity index (χ3v) is 4.01. The van der Waals surface area contributed by atoms with E-state index >= 15 is 0 Å². The average molecular weight is 324 g/mol. The van der Waals surface area contributed by atoms with Gasteiger partial charge in [0.1, 0.15) is 6.04 Å². The zero-order valence-corrected chi connectivity index (χ0v) is 11.3. The number of halogens is 1. The van der Waals surface area contributed by atoms with Crippen LogP contribution in [-0.2, 0) is 9.59 Å². The Balaban J connectivity index is 2.69. The van der Waals surface area contributed by atoms with Gasteiger partial charge in [-0.1, -0.05) is 29.5 Å². The molecule has 1 rings (SSSR count). The molecule has 1 saturated heterocycles. The van der Waals surface area contributed by atoms with Crippen LogP contribution in [0.1, 0.15) is 19.8 Å². The first-order valence-corrected chi connectivity index (χ1v) is 6.73. The third-order valence-electron chi connectivity index (χ3n) is 2.77. The first-order valence-electron chi connectivity index (χ1n) is 5.21. The lowest BCUT2D eigenvalue weighted by atomic mass is 10.1. The first-order chi connectivity index (χ1) is 7.13. The van der Waals surface area contributed by atoms with Gasteiger partial charge in [0.25, 0.3) is 0 Å². The normalized spacial score (nSPS) is 23.0. The van der Waals surface area contributed by atoms with Gasteiger partial charge >= 0.3 is 0 Å². The fraction of sp³-hybridized carbons (Fsp3) is 0.800. The molecule has 0 aromatic carbocycles. The summed E-state index contributed by atoms with van der Waals surface area (Å²) in [5, 5.41) is 2.61. The van der Waals surface area contributed by atoms with Gasteiger partial charge in [-0.3, -0.25) is 9.59 Å². The van der Waals surface area contributed by atoms with Crippen molar-refractivity contribution in [2.24, 2.45) is 5.92 Å². The van der Waals surface area contributed by atoms with Crippen molar-refractivity contribution in [3.63, 3.8) is 0 Å². The number of likely N-dealkylation sites (N-methyl/N-ethyl adjacent to an activating group) is 1. The lowest BCUT2D eigenvalue weighted by molar-refractivity contribution is -0.137. The van der Waals surface area contributed by atoms with E-state index in [9.17, 15) is 9.59 Å². The zero-order chi connectivity index (χ0) is 11.4. The van der Waals surface area contributed by atoms with Crippen molar-refractivity contribution >= 4 is 34.4 Å². The summed E-state index contributed by atoms with van der Waals surface area (Å²) in [5.74, 6) is 0.476. The molecule has 0 saturated carbocycles. The summed E-state index contributed by atoms with van der Waals surface area (Å²) in [4.78, 5) is 25.0. The van der Waals surface area contributed by atoms with Gasteiger partial charge in [0, 0.05) is 24.4 Å². The minimum atomic E-state index is -0.282. The molecule has 1 N–H and O–H groups in total. The van der Waals surface area contributed by atoms with Crippen LogP contribution in [0.4, 0.5) is 0 Å².